The second-order valence-electron chi connectivity index (χ2n) is 3.45. The highest BCUT2D eigenvalue weighted by molar-refractivity contribution is 6.26. The van der Waals surface area contributed by atoms with Crippen LogP contribution in [0.25, 0.3) is 0 Å². The summed E-state index contributed by atoms with van der Waals surface area (Å²) in [6.45, 7) is 0. The van der Waals surface area contributed by atoms with Crippen molar-refractivity contribution in [1.29, 1.82) is 0 Å². The summed E-state index contributed by atoms with van der Waals surface area (Å²) in [5.41, 5.74) is 0. The summed E-state index contributed by atoms with van der Waals surface area (Å²) in [5.74, 6) is -26.2. The van der Waals surface area contributed by atoms with E-state index in [1.54, 1.807) is 0 Å². The third-order valence-electron chi connectivity index (χ3n) is 1.000. The molecule has 0 aliphatic carbocycles. The molecule has 0 unspecified atom stereocenters. The Morgan fingerprint density at radius 2 is 0.194 bits per heavy atom. The predicted molar refractivity (Wildman–Crippen MR) is 60.1 cm³/mol. The van der Waals surface area contributed by atoms with Crippen molar-refractivity contribution in [1.82, 2.24) is 0 Å². The monoisotopic (exact) mass is 528 g/mol. The molecule has 36 heavy (non-hydrogen) atoms. The van der Waals surface area contributed by atoms with Gasteiger partial charge in [0, 0.05) is 0 Å². The Bertz CT molecular complexity index is 615. The zero-order valence-corrected chi connectivity index (χ0v) is 15.8. The third-order valence-corrected chi connectivity index (χ3v) is 1.000. The van der Waals surface area contributed by atoms with Gasteiger partial charge in [-0.1, -0.05) is 0 Å². The lowest BCUT2D eigenvalue weighted by Crippen LogP contribution is -2.42. The van der Waals surface area contributed by atoms with E-state index >= 15 is 0 Å². The van der Waals surface area contributed by atoms with Gasteiger partial charge in [-0.3, -0.25) is 0 Å². The van der Waals surface area contributed by atoms with Gasteiger partial charge < -0.3 is 119 Å². The highest BCUT2D eigenvalue weighted by atomic mass is 16.5. The number of carboxylic acid groups (broad SMARTS) is 12. The number of hydrogen-bond acceptors (Lipinski definition) is 24. The molecule has 0 rings (SSSR count). The van der Waals surface area contributed by atoms with Gasteiger partial charge in [0.2, 0.25) is 0 Å². The number of carboxylic acids is 12. The first-order chi connectivity index (χ1) is 15.9. The van der Waals surface area contributed by atoms with Gasteiger partial charge in [0.15, 0.2) is 0 Å². The minimum atomic E-state index is -2.19. The summed E-state index contributed by atoms with van der Waals surface area (Å²) in [5, 5.41) is 107. The van der Waals surface area contributed by atoms with Crippen LogP contribution in [0.3, 0.4) is 0 Å². The maximum Gasteiger partial charge on any atom is 0.0870 e. The minimum Gasteiger partial charge on any atom is -0.543 e. The van der Waals surface area contributed by atoms with E-state index in [1.807, 2.05) is 0 Å². The Morgan fingerprint density at radius 1 is 0.167 bits per heavy atom. The molecular formula is C12O24-12. The summed E-state index contributed by atoms with van der Waals surface area (Å²) in [7, 11) is 0. The van der Waals surface area contributed by atoms with Gasteiger partial charge >= 0.3 is 0 Å². The maximum atomic E-state index is 8.93. The van der Waals surface area contributed by atoms with Crippen LogP contribution < -0.4 is 61.3 Å². The predicted octanol–water partition coefficient (Wildman–Crippen LogP) is -21.1. The molecule has 0 amide bonds. The van der Waals surface area contributed by atoms with Crippen LogP contribution in [0.15, 0.2) is 0 Å². The zero-order valence-electron chi connectivity index (χ0n) is 15.8. The van der Waals surface area contributed by atoms with E-state index in [0.717, 1.165) is 0 Å². The highest BCUT2D eigenvalue weighted by Crippen LogP contribution is 1.43. The molecule has 0 N–H and O–H groups in total. The van der Waals surface area contributed by atoms with E-state index in [1.165, 1.54) is 0 Å². The Kier molecular flexibility index (Phi) is 30.1. The van der Waals surface area contributed by atoms with Crippen molar-refractivity contribution in [3.8, 4) is 0 Å². The highest BCUT2D eigenvalue weighted by Gasteiger charge is 1.77. The van der Waals surface area contributed by atoms with E-state index in [2.05, 4.69) is 0 Å². The lowest BCUT2D eigenvalue weighted by molar-refractivity contribution is -0.345. The molecule has 0 spiro atoms. The standard InChI is InChI=1S/6C2H2O4/c6*3-1(4)2(5)6/h6*(H,3,4)(H,5,6)/p-12. The lowest BCUT2D eigenvalue weighted by atomic mass is 10.7. The molecule has 0 aromatic carbocycles. The largest absolute Gasteiger partial charge is 0.543 e. The number of carbonyl (C=O) groups excluding carboxylic acids is 12. The van der Waals surface area contributed by atoms with Crippen molar-refractivity contribution < 1.29 is 119 Å². The smallest absolute Gasteiger partial charge is 0.0870 e. The molecule has 0 aliphatic rings. The summed E-state index contributed by atoms with van der Waals surface area (Å²) >= 11 is 0. The molecule has 0 aromatic rings. The van der Waals surface area contributed by atoms with Gasteiger partial charge in [0.25, 0.3) is 0 Å². The van der Waals surface area contributed by atoms with Gasteiger partial charge in [-0.2, -0.15) is 0 Å². The van der Waals surface area contributed by atoms with E-state index in [-0.39, 0.29) is 0 Å². The fourth-order valence-corrected chi connectivity index (χ4v) is 0. The molecular weight excluding hydrogens is 528 g/mol. The van der Waals surface area contributed by atoms with Crippen molar-refractivity contribution in [3.05, 3.63) is 0 Å². The first-order valence-corrected chi connectivity index (χ1v) is 6.40. The van der Waals surface area contributed by atoms with Crippen LogP contribution >= 0.6 is 0 Å². The Hall–Kier alpha value is -6.36. The Morgan fingerprint density at radius 3 is 0.194 bits per heavy atom. The molecule has 0 saturated heterocycles. The van der Waals surface area contributed by atoms with Crippen molar-refractivity contribution >= 4 is 71.6 Å². The maximum absolute atomic E-state index is 8.93. The Labute approximate surface area is 191 Å². The van der Waals surface area contributed by atoms with Gasteiger partial charge in [-0.15, -0.1) is 0 Å². The molecule has 0 fully saturated rings. The first-order valence-electron chi connectivity index (χ1n) is 6.40. The van der Waals surface area contributed by atoms with Crippen LogP contribution in [0, 0.1) is 0 Å². The average molecular weight is 528 g/mol. The molecule has 0 saturated carbocycles. The third kappa shape index (κ3) is 63.0. The topological polar surface area (TPSA) is 482 Å². The first kappa shape index (κ1) is 43.5. The molecule has 24 nitrogen and oxygen atoms in total. The zero-order chi connectivity index (χ0) is 30.9. The minimum absolute atomic E-state index is 2.19. The molecule has 24 heteroatoms. The fraction of sp³-hybridized carbons (Fsp3) is 0. The van der Waals surface area contributed by atoms with Gasteiger partial charge in [0.05, 0.1) is 71.6 Å². The normalized spacial score (nSPS) is 7.33. The molecule has 0 aliphatic heterocycles. The number of hydrogen-bond donors (Lipinski definition) is 0. The summed E-state index contributed by atoms with van der Waals surface area (Å²) in [4.78, 5) is 107. The van der Waals surface area contributed by atoms with Gasteiger partial charge in [0.1, 0.15) is 0 Å². The van der Waals surface area contributed by atoms with Crippen LogP contribution in [0.4, 0.5) is 0 Å². The van der Waals surface area contributed by atoms with Crippen molar-refractivity contribution in [2.24, 2.45) is 0 Å². The van der Waals surface area contributed by atoms with Crippen LogP contribution in [0.2, 0.25) is 0 Å². The van der Waals surface area contributed by atoms with Crippen LogP contribution in [0.1, 0.15) is 0 Å². The summed E-state index contributed by atoms with van der Waals surface area (Å²) in [6, 6.07) is 0. The second kappa shape index (κ2) is 24.9. The van der Waals surface area contributed by atoms with Crippen LogP contribution in [0.5, 0.6) is 0 Å². The number of rotatable bonds is 0. The summed E-state index contributed by atoms with van der Waals surface area (Å²) < 4.78 is 0. The molecule has 204 valence electrons. The van der Waals surface area contributed by atoms with Crippen molar-refractivity contribution in [3.63, 3.8) is 0 Å². The molecule has 0 aromatic heterocycles. The van der Waals surface area contributed by atoms with E-state index in [0.29, 0.717) is 0 Å². The fourth-order valence-electron chi connectivity index (χ4n) is 0. The Balaban J connectivity index is -0.0000000750. The summed E-state index contributed by atoms with van der Waals surface area (Å²) in [6.07, 6.45) is 0. The van der Waals surface area contributed by atoms with Crippen LogP contribution in [-0.2, 0) is 57.5 Å². The van der Waals surface area contributed by atoms with Gasteiger partial charge in [-0.05, 0) is 0 Å². The van der Waals surface area contributed by atoms with Gasteiger partial charge in [-0.25, -0.2) is 0 Å². The number of carbonyl (C=O) groups is 12. The van der Waals surface area contributed by atoms with Crippen molar-refractivity contribution in [2.45, 2.75) is 0 Å². The second-order valence-corrected chi connectivity index (χ2v) is 3.45. The van der Waals surface area contributed by atoms with Crippen molar-refractivity contribution in [2.75, 3.05) is 0 Å². The van der Waals surface area contributed by atoms with E-state index in [4.69, 9.17) is 119 Å². The number of aliphatic carboxylic acids is 12. The van der Waals surface area contributed by atoms with E-state index in [9.17, 15) is 0 Å². The van der Waals surface area contributed by atoms with E-state index < -0.39 is 71.6 Å². The average Bonchev–Trinajstić information content (AvgIpc) is 2.69. The SMILES string of the molecule is O=C([O-])C(=O)[O-].O=C([O-])C(=O)[O-].O=C([O-])C(=O)[O-].O=C([O-])C(=O)[O-].O=C([O-])C(=O)[O-].O=C([O-])C(=O)[O-]. The lowest BCUT2D eigenvalue weighted by Gasteiger charge is -1.97. The van der Waals surface area contributed by atoms with Crippen LogP contribution in [-0.4, -0.2) is 71.6 Å². The molecule has 0 atom stereocenters. The quantitative estimate of drug-likeness (QED) is 0.263. The molecule has 0 heterocycles. The molecule has 0 bridgehead atoms. The molecule has 0 radical (unpaired) electrons.